The van der Waals surface area contributed by atoms with Crippen molar-refractivity contribution in [3.63, 3.8) is 0 Å². The van der Waals surface area contributed by atoms with Crippen LogP contribution >= 0.6 is 0 Å². The van der Waals surface area contributed by atoms with Gasteiger partial charge in [-0.25, -0.2) is 4.79 Å². The molecule has 0 aliphatic carbocycles. The Morgan fingerprint density at radius 1 is 1.29 bits per heavy atom. The second-order valence-corrected chi connectivity index (χ2v) is 5.27. The number of rotatable bonds is 7. The maximum atomic E-state index is 12.3. The number of hydrogen-bond donors (Lipinski definition) is 2. The third-order valence-electron chi connectivity index (χ3n) is 3.22. The number of amides is 2. The van der Waals surface area contributed by atoms with Crippen LogP contribution in [0.15, 0.2) is 24.3 Å². The molecule has 0 radical (unpaired) electrons. The van der Waals surface area contributed by atoms with E-state index in [2.05, 4.69) is 5.32 Å². The molecule has 0 fully saturated rings. The van der Waals surface area contributed by atoms with Crippen molar-refractivity contribution >= 4 is 17.7 Å². The third kappa shape index (κ3) is 5.45. The number of nitrogens with zero attached hydrogens (tertiary/aromatic N) is 1. The zero-order valence-electron chi connectivity index (χ0n) is 12.9. The molecule has 0 aliphatic heterocycles. The van der Waals surface area contributed by atoms with Crippen LogP contribution < -0.4 is 5.32 Å². The van der Waals surface area contributed by atoms with Crippen molar-refractivity contribution in [1.82, 2.24) is 4.90 Å². The zero-order valence-corrected chi connectivity index (χ0v) is 12.9. The van der Waals surface area contributed by atoms with Gasteiger partial charge in [0.25, 0.3) is 0 Å². The number of nitrogens with one attached hydrogen (secondary N) is 1. The van der Waals surface area contributed by atoms with Crippen LogP contribution in [0, 0.1) is 0 Å². The molecule has 21 heavy (non-hydrogen) atoms. The van der Waals surface area contributed by atoms with Gasteiger partial charge in [0.05, 0.1) is 0 Å². The second kappa shape index (κ2) is 8.29. The summed E-state index contributed by atoms with van der Waals surface area (Å²) in [6, 6.07) is 7.31. The highest BCUT2D eigenvalue weighted by atomic mass is 16.4. The lowest BCUT2D eigenvalue weighted by atomic mass is 10.1. The van der Waals surface area contributed by atoms with Gasteiger partial charge in [-0.1, -0.05) is 25.1 Å². The van der Waals surface area contributed by atoms with E-state index in [1.807, 2.05) is 39.0 Å². The number of para-hydroxylation sites is 1. The first-order valence-corrected chi connectivity index (χ1v) is 7.33. The molecule has 1 aromatic carbocycles. The minimum atomic E-state index is -0.842. The van der Waals surface area contributed by atoms with Crippen molar-refractivity contribution in [2.24, 2.45) is 0 Å². The van der Waals surface area contributed by atoms with Crippen LogP contribution in [-0.4, -0.2) is 34.6 Å². The lowest BCUT2D eigenvalue weighted by molar-refractivity contribution is -0.136. The number of carboxylic acids is 1. The van der Waals surface area contributed by atoms with Gasteiger partial charge in [-0.2, -0.15) is 0 Å². The standard InChI is InChI=1S/C16H24N2O3/c1-4-11-18(12(2)3)16(21)17-14-8-6-5-7-13(14)9-10-15(19)20/h5-8,12H,4,9-11H2,1-3H3,(H,17,21)(H,19,20). The number of hydrogen-bond acceptors (Lipinski definition) is 2. The Kier molecular flexibility index (Phi) is 6.72. The molecule has 1 rings (SSSR count). The fraction of sp³-hybridized carbons (Fsp3) is 0.500. The number of anilines is 1. The number of aryl methyl sites for hydroxylation is 1. The SMILES string of the molecule is CCCN(C(=O)Nc1ccccc1CCC(=O)O)C(C)C. The van der Waals surface area contributed by atoms with E-state index in [1.165, 1.54) is 0 Å². The quantitative estimate of drug-likeness (QED) is 0.809. The van der Waals surface area contributed by atoms with Crippen LogP contribution in [-0.2, 0) is 11.2 Å². The highest BCUT2D eigenvalue weighted by Crippen LogP contribution is 2.18. The van der Waals surface area contributed by atoms with E-state index in [0.29, 0.717) is 18.7 Å². The van der Waals surface area contributed by atoms with Crippen LogP contribution in [0.1, 0.15) is 39.2 Å². The summed E-state index contributed by atoms with van der Waals surface area (Å²) >= 11 is 0. The summed E-state index contributed by atoms with van der Waals surface area (Å²) in [6.07, 6.45) is 1.35. The van der Waals surface area contributed by atoms with Crippen molar-refractivity contribution in [1.29, 1.82) is 0 Å². The average Bonchev–Trinajstić information content (AvgIpc) is 2.43. The zero-order chi connectivity index (χ0) is 15.8. The Morgan fingerprint density at radius 3 is 2.52 bits per heavy atom. The molecule has 116 valence electrons. The molecule has 0 aromatic heterocycles. The summed E-state index contributed by atoms with van der Waals surface area (Å²) in [5, 5.41) is 11.7. The molecule has 0 aliphatic rings. The first kappa shape index (κ1) is 17.0. The van der Waals surface area contributed by atoms with Crippen molar-refractivity contribution in [2.45, 2.75) is 46.1 Å². The lowest BCUT2D eigenvalue weighted by Crippen LogP contribution is -2.40. The van der Waals surface area contributed by atoms with Crippen molar-refractivity contribution in [2.75, 3.05) is 11.9 Å². The van der Waals surface area contributed by atoms with Crippen molar-refractivity contribution in [3.8, 4) is 0 Å². The van der Waals surface area contributed by atoms with E-state index in [4.69, 9.17) is 5.11 Å². The Labute approximate surface area is 126 Å². The van der Waals surface area contributed by atoms with Crippen LogP contribution in [0.2, 0.25) is 0 Å². The van der Waals surface area contributed by atoms with E-state index >= 15 is 0 Å². The lowest BCUT2D eigenvalue weighted by Gasteiger charge is -2.27. The van der Waals surface area contributed by atoms with Gasteiger partial charge in [-0.05, 0) is 38.3 Å². The Bertz CT molecular complexity index is 486. The van der Waals surface area contributed by atoms with Gasteiger partial charge in [-0.3, -0.25) is 4.79 Å². The smallest absolute Gasteiger partial charge is 0.322 e. The third-order valence-corrected chi connectivity index (χ3v) is 3.22. The van der Waals surface area contributed by atoms with Crippen LogP contribution in [0.25, 0.3) is 0 Å². The molecule has 0 bridgehead atoms. The van der Waals surface area contributed by atoms with E-state index in [1.54, 1.807) is 11.0 Å². The monoisotopic (exact) mass is 292 g/mol. The summed E-state index contributed by atoms with van der Waals surface area (Å²) in [4.78, 5) is 24.8. The number of carbonyl (C=O) groups is 2. The fourth-order valence-corrected chi connectivity index (χ4v) is 2.12. The average molecular weight is 292 g/mol. The van der Waals surface area contributed by atoms with Gasteiger partial charge < -0.3 is 15.3 Å². The fourth-order valence-electron chi connectivity index (χ4n) is 2.12. The molecule has 0 saturated carbocycles. The normalized spacial score (nSPS) is 10.5. The summed E-state index contributed by atoms with van der Waals surface area (Å²) in [5.74, 6) is -0.842. The maximum absolute atomic E-state index is 12.3. The van der Waals surface area contributed by atoms with Gasteiger partial charge in [-0.15, -0.1) is 0 Å². The van der Waals surface area contributed by atoms with Gasteiger partial charge in [0, 0.05) is 24.7 Å². The molecular formula is C16H24N2O3. The Morgan fingerprint density at radius 2 is 1.95 bits per heavy atom. The van der Waals surface area contributed by atoms with Crippen LogP contribution in [0.3, 0.4) is 0 Å². The number of urea groups is 1. The van der Waals surface area contributed by atoms with Crippen molar-refractivity contribution < 1.29 is 14.7 Å². The summed E-state index contributed by atoms with van der Waals surface area (Å²) in [7, 11) is 0. The molecule has 5 heteroatoms. The molecule has 1 aromatic rings. The Hall–Kier alpha value is -2.04. The van der Waals surface area contributed by atoms with E-state index in [0.717, 1.165) is 12.0 Å². The molecule has 0 unspecified atom stereocenters. The minimum Gasteiger partial charge on any atom is -0.481 e. The Balaban J connectivity index is 2.81. The highest BCUT2D eigenvalue weighted by molar-refractivity contribution is 5.90. The van der Waals surface area contributed by atoms with Crippen LogP contribution in [0.5, 0.6) is 0 Å². The molecule has 0 saturated heterocycles. The van der Waals surface area contributed by atoms with E-state index in [-0.39, 0.29) is 18.5 Å². The molecule has 0 atom stereocenters. The minimum absolute atomic E-state index is 0.0513. The second-order valence-electron chi connectivity index (χ2n) is 5.27. The maximum Gasteiger partial charge on any atom is 0.322 e. The van der Waals surface area contributed by atoms with E-state index in [9.17, 15) is 9.59 Å². The first-order chi connectivity index (χ1) is 9.95. The number of carboxylic acid groups (broad SMARTS) is 1. The molecular weight excluding hydrogens is 268 g/mol. The van der Waals surface area contributed by atoms with Gasteiger partial charge in [0.15, 0.2) is 0 Å². The predicted octanol–water partition coefficient (Wildman–Crippen LogP) is 3.36. The summed E-state index contributed by atoms with van der Waals surface area (Å²) < 4.78 is 0. The highest BCUT2D eigenvalue weighted by Gasteiger charge is 2.17. The number of benzene rings is 1. The van der Waals surface area contributed by atoms with Gasteiger partial charge in [0.2, 0.25) is 0 Å². The number of aliphatic carboxylic acids is 1. The van der Waals surface area contributed by atoms with Gasteiger partial charge >= 0.3 is 12.0 Å². The largest absolute Gasteiger partial charge is 0.481 e. The van der Waals surface area contributed by atoms with Crippen LogP contribution in [0.4, 0.5) is 10.5 Å². The first-order valence-electron chi connectivity index (χ1n) is 7.33. The van der Waals surface area contributed by atoms with E-state index < -0.39 is 5.97 Å². The molecule has 2 N–H and O–H groups in total. The molecule has 0 spiro atoms. The topological polar surface area (TPSA) is 69.6 Å². The van der Waals surface area contributed by atoms with Gasteiger partial charge in [0.1, 0.15) is 0 Å². The molecule has 2 amide bonds. The molecule has 0 heterocycles. The summed E-state index contributed by atoms with van der Waals surface area (Å²) in [6.45, 7) is 6.68. The number of carbonyl (C=O) groups excluding carboxylic acids is 1. The molecule has 5 nitrogen and oxygen atoms in total. The summed E-state index contributed by atoms with van der Waals surface area (Å²) in [5.41, 5.74) is 1.53. The van der Waals surface area contributed by atoms with Crippen molar-refractivity contribution in [3.05, 3.63) is 29.8 Å². The predicted molar refractivity (Wildman–Crippen MR) is 83.6 cm³/mol.